The Kier molecular flexibility index (Phi) is 14.0. The number of esters is 2. The van der Waals surface area contributed by atoms with Gasteiger partial charge in [0.25, 0.3) is 0 Å². The predicted molar refractivity (Wildman–Crippen MR) is 195 cm³/mol. The lowest BCUT2D eigenvalue weighted by atomic mass is 10.0. The van der Waals surface area contributed by atoms with Gasteiger partial charge in [-0.25, -0.2) is 9.18 Å². The van der Waals surface area contributed by atoms with Crippen molar-refractivity contribution in [1.29, 1.82) is 0 Å². The summed E-state index contributed by atoms with van der Waals surface area (Å²) in [7, 11) is 0. The highest BCUT2D eigenvalue weighted by molar-refractivity contribution is 6.30. The largest absolute Gasteiger partial charge is 0.476 e. The second-order valence-electron chi connectivity index (χ2n) is 13.1. The first-order valence-corrected chi connectivity index (χ1v) is 17.4. The maximum absolute atomic E-state index is 13.7. The summed E-state index contributed by atoms with van der Waals surface area (Å²) in [5.41, 5.74) is 2.49. The van der Waals surface area contributed by atoms with E-state index in [1.54, 1.807) is 56.3 Å². The molecule has 1 heterocycles. The SMILES string of the molecule is CC(C)n1c(/C=C/[C@@H](O)C[C@@H](O)CC(=O)OCCCCCCOC(=O)C(C)(C)Oc2ccc(Cl)cc2)c(-c2ccc(F)cc2)c2ccccc21. The molecule has 10 heteroatoms. The van der Waals surface area contributed by atoms with Crippen LogP contribution in [0.4, 0.5) is 4.39 Å². The monoisotopic (exact) mass is 707 g/mol. The third-order valence-corrected chi connectivity index (χ3v) is 8.46. The van der Waals surface area contributed by atoms with Crippen molar-refractivity contribution in [2.45, 2.75) is 90.1 Å². The first-order chi connectivity index (χ1) is 23.9. The molecule has 0 saturated heterocycles. The highest BCUT2D eigenvalue weighted by atomic mass is 35.5. The number of benzene rings is 3. The molecule has 3 aromatic carbocycles. The van der Waals surface area contributed by atoms with E-state index in [4.69, 9.17) is 25.8 Å². The average molecular weight is 708 g/mol. The van der Waals surface area contributed by atoms with Gasteiger partial charge in [0.15, 0.2) is 5.60 Å². The average Bonchev–Trinajstić information content (AvgIpc) is 3.40. The van der Waals surface area contributed by atoms with Gasteiger partial charge < -0.3 is 29.0 Å². The topological polar surface area (TPSA) is 107 Å². The molecule has 0 amide bonds. The highest BCUT2D eigenvalue weighted by Crippen LogP contribution is 2.38. The molecule has 0 unspecified atom stereocenters. The van der Waals surface area contributed by atoms with Gasteiger partial charge >= 0.3 is 11.9 Å². The van der Waals surface area contributed by atoms with E-state index in [0.29, 0.717) is 23.6 Å². The Balaban J connectivity index is 1.18. The van der Waals surface area contributed by atoms with E-state index in [1.165, 1.54) is 12.1 Å². The number of carbonyl (C=O) groups excluding carboxylic acids is 2. The summed E-state index contributed by atoms with van der Waals surface area (Å²) in [6.07, 6.45) is 3.90. The lowest BCUT2D eigenvalue weighted by Crippen LogP contribution is -2.39. The maximum atomic E-state index is 13.7. The third kappa shape index (κ3) is 10.9. The fourth-order valence-electron chi connectivity index (χ4n) is 5.74. The smallest absolute Gasteiger partial charge is 0.349 e. The zero-order valence-electron chi connectivity index (χ0n) is 29.1. The normalized spacial score (nSPS) is 13.1. The van der Waals surface area contributed by atoms with Crippen LogP contribution >= 0.6 is 11.6 Å². The Morgan fingerprint density at radius 1 is 0.900 bits per heavy atom. The van der Waals surface area contributed by atoms with Gasteiger partial charge in [-0.2, -0.15) is 0 Å². The fraction of sp³-hybridized carbons (Fsp3) is 0.400. The fourth-order valence-corrected chi connectivity index (χ4v) is 5.86. The Labute approximate surface area is 298 Å². The second kappa shape index (κ2) is 18.2. The van der Waals surface area contributed by atoms with Crippen LogP contribution in [-0.4, -0.2) is 57.7 Å². The maximum Gasteiger partial charge on any atom is 0.349 e. The summed E-state index contributed by atoms with van der Waals surface area (Å²) in [5, 5.41) is 22.9. The van der Waals surface area contributed by atoms with Gasteiger partial charge in [-0.3, -0.25) is 4.79 Å². The number of nitrogens with zero attached hydrogens (tertiary/aromatic N) is 1. The quantitative estimate of drug-likeness (QED) is 0.0787. The molecule has 0 bridgehead atoms. The van der Waals surface area contributed by atoms with Crippen LogP contribution in [0.1, 0.15) is 78.0 Å². The zero-order chi connectivity index (χ0) is 36.3. The van der Waals surface area contributed by atoms with Crippen LogP contribution in [0.3, 0.4) is 0 Å². The van der Waals surface area contributed by atoms with Gasteiger partial charge in [-0.05, 0) is 107 Å². The van der Waals surface area contributed by atoms with Crippen LogP contribution in [0.15, 0.2) is 78.9 Å². The molecule has 0 radical (unpaired) electrons. The molecule has 0 saturated carbocycles. The Morgan fingerprint density at radius 3 is 2.20 bits per heavy atom. The van der Waals surface area contributed by atoms with Crippen molar-refractivity contribution in [2.75, 3.05) is 13.2 Å². The summed E-state index contributed by atoms with van der Waals surface area (Å²) in [6, 6.07) is 21.2. The van der Waals surface area contributed by atoms with Crippen LogP contribution < -0.4 is 4.74 Å². The highest BCUT2D eigenvalue weighted by Gasteiger charge is 2.31. The van der Waals surface area contributed by atoms with Crippen molar-refractivity contribution in [1.82, 2.24) is 4.57 Å². The first kappa shape index (κ1) is 38.6. The van der Waals surface area contributed by atoms with E-state index >= 15 is 0 Å². The van der Waals surface area contributed by atoms with Crippen LogP contribution in [0.2, 0.25) is 5.02 Å². The number of ether oxygens (including phenoxy) is 3. The molecule has 2 N–H and O–H groups in total. The third-order valence-electron chi connectivity index (χ3n) is 8.20. The summed E-state index contributed by atoms with van der Waals surface area (Å²) in [6.45, 7) is 7.90. The van der Waals surface area contributed by atoms with Gasteiger partial charge in [-0.1, -0.05) is 48.0 Å². The van der Waals surface area contributed by atoms with Crippen molar-refractivity contribution in [3.8, 4) is 16.9 Å². The number of hydrogen-bond donors (Lipinski definition) is 2. The minimum absolute atomic E-state index is 0.0420. The first-order valence-electron chi connectivity index (χ1n) is 17.1. The Bertz CT molecular complexity index is 1730. The number of rotatable bonds is 18. The standard InChI is InChI=1S/C40H47ClFNO7/c1-27(2)43-35-12-8-7-11-34(35)38(28-13-17-30(42)18-14-28)36(43)22-19-31(44)25-32(45)26-37(46)48-23-9-5-6-10-24-49-39(47)40(3,4)50-33-20-15-29(41)16-21-33/h7-8,11-22,27,31-32,44-45H,5-6,9-10,23-26H2,1-4H3/b22-19+/t31-,32-/m1/s1. The molecule has 8 nitrogen and oxygen atoms in total. The number of aliphatic hydroxyl groups is 2. The molecular formula is C40H47ClFNO7. The number of para-hydroxylation sites is 1. The van der Waals surface area contributed by atoms with Crippen molar-refractivity contribution in [2.24, 2.45) is 0 Å². The molecule has 4 aromatic rings. The number of hydrogen-bond acceptors (Lipinski definition) is 7. The van der Waals surface area contributed by atoms with E-state index in [-0.39, 0.29) is 37.9 Å². The predicted octanol–water partition coefficient (Wildman–Crippen LogP) is 8.70. The van der Waals surface area contributed by atoms with E-state index in [0.717, 1.165) is 40.6 Å². The number of halogens is 2. The Hall–Kier alpha value is -4.18. The minimum Gasteiger partial charge on any atom is -0.476 e. The lowest BCUT2D eigenvalue weighted by molar-refractivity contribution is -0.159. The van der Waals surface area contributed by atoms with Crippen molar-refractivity contribution in [3.63, 3.8) is 0 Å². The summed E-state index contributed by atoms with van der Waals surface area (Å²) < 4.78 is 32.3. The van der Waals surface area contributed by atoms with Crippen LogP contribution in [0, 0.1) is 5.82 Å². The molecule has 0 aliphatic carbocycles. The molecule has 2 atom stereocenters. The van der Waals surface area contributed by atoms with Gasteiger partial charge in [0.1, 0.15) is 11.6 Å². The molecule has 0 aliphatic heterocycles. The van der Waals surface area contributed by atoms with Gasteiger partial charge in [0.05, 0.1) is 31.8 Å². The van der Waals surface area contributed by atoms with Gasteiger partial charge in [0, 0.05) is 39.6 Å². The van der Waals surface area contributed by atoms with Gasteiger partial charge in [-0.15, -0.1) is 0 Å². The zero-order valence-corrected chi connectivity index (χ0v) is 29.9. The molecular weight excluding hydrogens is 661 g/mol. The van der Waals surface area contributed by atoms with E-state index in [1.807, 2.05) is 30.3 Å². The van der Waals surface area contributed by atoms with Crippen LogP contribution in [0.5, 0.6) is 5.75 Å². The molecule has 1 aromatic heterocycles. The molecule has 50 heavy (non-hydrogen) atoms. The Morgan fingerprint density at radius 2 is 1.54 bits per heavy atom. The van der Waals surface area contributed by atoms with Gasteiger partial charge in [0.2, 0.25) is 0 Å². The molecule has 4 rings (SSSR count). The number of fused-ring (bicyclic) bond motifs is 1. The summed E-state index contributed by atoms with van der Waals surface area (Å²) >= 11 is 5.89. The number of unbranched alkanes of at least 4 members (excludes halogenated alkanes) is 3. The van der Waals surface area contributed by atoms with Crippen molar-refractivity contribution in [3.05, 3.63) is 95.4 Å². The molecule has 268 valence electrons. The lowest BCUT2D eigenvalue weighted by Gasteiger charge is -2.24. The van der Waals surface area contributed by atoms with Crippen molar-refractivity contribution >= 4 is 40.5 Å². The number of aromatic nitrogens is 1. The minimum atomic E-state index is -1.15. The van der Waals surface area contributed by atoms with E-state index in [9.17, 15) is 24.2 Å². The number of carbonyl (C=O) groups is 2. The van der Waals surface area contributed by atoms with Crippen LogP contribution in [0.25, 0.3) is 28.1 Å². The van der Waals surface area contributed by atoms with Crippen molar-refractivity contribution < 1.29 is 38.4 Å². The van der Waals surface area contributed by atoms with Crippen LogP contribution in [-0.2, 0) is 19.1 Å². The van der Waals surface area contributed by atoms with E-state index in [2.05, 4.69) is 18.4 Å². The number of aliphatic hydroxyl groups excluding tert-OH is 2. The summed E-state index contributed by atoms with van der Waals surface area (Å²) in [5.74, 6) is -0.802. The second-order valence-corrected chi connectivity index (χ2v) is 13.5. The molecule has 0 fully saturated rings. The molecule has 0 spiro atoms. The van der Waals surface area contributed by atoms with E-state index < -0.39 is 29.7 Å². The summed E-state index contributed by atoms with van der Waals surface area (Å²) in [4.78, 5) is 24.8. The molecule has 0 aliphatic rings.